The minimum atomic E-state index is 0.490. The van der Waals surface area contributed by atoms with Gasteiger partial charge in [0.1, 0.15) is 0 Å². The molecule has 19 heavy (non-hydrogen) atoms. The van der Waals surface area contributed by atoms with Crippen molar-refractivity contribution in [2.45, 2.75) is 45.1 Å². The van der Waals surface area contributed by atoms with Crippen LogP contribution >= 0.6 is 0 Å². The molecule has 0 amide bonds. The van der Waals surface area contributed by atoms with Gasteiger partial charge in [-0.3, -0.25) is 0 Å². The maximum atomic E-state index is 3.79. The van der Waals surface area contributed by atoms with E-state index in [-0.39, 0.29) is 0 Å². The second-order valence-corrected chi connectivity index (χ2v) is 5.48. The number of anilines is 2. The third kappa shape index (κ3) is 4.02. The van der Waals surface area contributed by atoms with Crippen LogP contribution in [0.1, 0.15) is 39.0 Å². The average molecular weight is 258 g/mol. The van der Waals surface area contributed by atoms with Gasteiger partial charge in [-0.05, 0) is 51.2 Å². The molecule has 0 radical (unpaired) electrons. The van der Waals surface area contributed by atoms with Gasteiger partial charge in [-0.25, -0.2) is 0 Å². The Kier molecular flexibility index (Phi) is 5.31. The highest BCUT2D eigenvalue weighted by Gasteiger charge is 2.14. The summed E-state index contributed by atoms with van der Waals surface area (Å²) in [5.41, 5.74) is 2.65. The van der Waals surface area contributed by atoms with Crippen LogP contribution in [0.4, 0.5) is 11.4 Å². The van der Waals surface area contributed by atoms with Crippen LogP contribution in [0.15, 0.2) is 36.9 Å². The van der Waals surface area contributed by atoms with E-state index >= 15 is 0 Å². The van der Waals surface area contributed by atoms with Crippen molar-refractivity contribution in [3.8, 4) is 0 Å². The quantitative estimate of drug-likeness (QED) is 0.759. The second kappa shape index (κ2) is 7.22. The lowest BCUT2D eigenvalue weighted by Crippen LogP contribution is -2.30. The molecule has 0 spiro atoms. The largest absolute Gasteiger partial charge is 0.381 e. The molecule has 0 bridgehead atoms. The van der Waals surface area contributed by atoms with E-state index < -0.39 is 0 Å². The number of nitrogens with one attached hydrogen (secondary N) is 1. The van der Waals surface area contributed by atoms with Crippen molar-refractivity contribution in [1.29, 1.82) is 0 Å². The van der Waals surface area contributed by atoms with Crippen LogP contribution < -0.4 is 10.2 Å². The highest BCUT2D eigenvalue weighted by atomic mass is 15.1. The van der Waals surface area contributed by atoms with E-state index in [0.29, 0.717) is 6.04 Å². The molecule has 2 heteroatoms. The van der Waals surface area contributed by atoms with Crippen LogP contribution in [-0.2, 0) is 0 Å². The molecule has 2 rings (SSSR count). The molecule has 1 saturated heterocycles. The predicted octanol–water partition coefficient (Wildman–Crippen LogP) is 4.44. The van der Waals surface area contributed by atoms with Gasteiger partial charge in [0.05, 0.1) is 11.4 Å². The van der Waals surface area contributed by atoms with E-state index in [0.717, 1.165) is 12.8 Å². The molecule has 104 valence electrons. The summed E-state index contributed by atoms with van der Waals surface area (Å²) in [7, 11) is 0. The minimum absolute atomic E-state index is 0.490. The van der Waals surface area contributed by atoms with Gasteiger partial charge in [-0.1, -0.05) is 18.2 Å². The van der Waals surface area contributed by atoms with Gasteiger partial charge in [0.2, 0.25) is 0 Å². The Hall–Kier alpha value is -1.44. The summed E-state index contributed by atoms with van der Waals surface area (Å²) < 4.78 is 0. The lowest BCUT2D eigenvalue weighted by Gasteiger charge is -2.31. The van der Waals surface area contributed by atoms with Gasteiger partial charge in [-0.2, -0.15) is 0 Å². The molecule has 1 aromatic carbocycles. The standard InChI is InChI=1S/C17H26N2/c1-3-4-10-15(2)18-16-11-6-7-12-17(16)19-13-8-5-9-14-19/h3,6-7,11-12,15,18H,1,4-5,8-10,13-14H2,2H3. The monoisotopic (exact) mass is 258 g/mol. The van der Waals surface area contributed by atoms with Crippen LogP contribution in [0.5, 0.6) is 0 Å². The molecule has 1 aliphatic rings. The first-order chi connectivity index (χ1) is 9.31. The Morgan fingerprint density at radius 2 is 2.00 bits per heavy atom. The van der Waals surface area contributed by atoms with Gasteiger partial charge >= 0.3 is 0 Å². The summed E-state index contributed by atoms with van der Waals surface area (Å²) in [5.74, 6) is 0. The van der Waals surface area contributed by atoms with Gasteiger partial charge in [0, 0.05) is 19.1 Å². The summed E-state index contributed by atoms with van der Waals surface area (Å²) in [5, 5.41) is 3.65. The van der Waals surface area contributed by atoms with Crippen LogP contribution in [0.25, 0.3) is 0 Å². The number of benzene rings is 1. The summed E-state index contributed by atoms with van der Waals surface area (Å²) in [6, 6.07) is 9.20. The first-order valence-electron chi connectivity index (χ1n) is 7.52. The Bertz CT molecular complexity index is 394. The van der Waals surface area contributed by atoms with Crippen molar-refractivity contribution in [1.82, 2.24) is 0 Å². The highest BCUT2D eigenvalue weighted by molar-refractivity contribution is 5.70. The molecule has 1 aromatic rings. The lowest BCUT2D eigenvalue weighted by molar-refractivity contribution is 0.578. The SMILES string of the molecule is C=CCCC(C)Nc1ccccc1N1CCCCC1. The van der Waals surface area contributed by atoms with E-state index in [1.807, 2.05) is 6.08 Å². The van der Waals surface area contributed by atoms with Crippen molar-refractivity contribution < 1.29 is 0 Å². The Labute approximate surface area is 117 Å². The van der Waals surface area contributed by atoms with Crippen LogP contribution in [0, 0.1) is 0 Å². The maximum absolute atomic E-state index is 3.79. The van der Waals surface area contributed by atoms with Gasteiger partial charge in [0.25, 0.3) is 0 Å². The first kappa shape index (κ1) is 14.0. The molecule has 1 aliphatic heterocycles. The van der Waals surface area contributed by atoms with Crippen molar-refractivity contribution >= 4 is 11.4 Å². The van der Waals surface area contributed by atoms with E-state index in [4.69, 9.17) is 0 Å². The summed E-state index contributed by atoms with van der Waals surface area (Å²) in [6.07, 6.45) is 8.22. The van der Waals surface area contributed by atoms with Crippen LogP contribution in [0.3, 0.4) is 0 Å². The van der Waals surface area contributed by atoms with Crippen LogP contribution in [0.2, 0.25) is 0 Å². The zero-order valence-electron chi connectivity index (χ0n) is 12.1. The molecule has 1 heterocycles. The molecule has 0 aliphatic carbocycles. The smallest absolute Gasteiger partial charge is 0.0602 e. The maximum Gasteiger partial charge on any atom is 0.0602 e. The molecule has 0 aromatic heterocycles. The predicted molar refractivity (Wildman–Crippen MR) is 85.0 cm³/mol. The fraction of sp³-hybridized carbons (Fsp3) is 0.529. The zero-order chi connectivity index (χ0) is 13.5. The van der Waals surface area contributed by atoms with E-state index in [9.17, 15) is 0 Å². The topological polar surface area (TPSA) is 15.3 Å². The van der Waals surface area contributed by atoms with E-state index in [2.05, 4.69) is 48.0 Å². The molecule has 2 nitrogen and oxygen atoms in total. The van der Waals surface area contributed by atoms with Crippen molar-refractivity contribution in [3.63, 3.8) is 0 Å². The average Bonchev–Trinajstić information content (AvgIpc) is 2.46. The summed E-state index contributed by atoms with van der Waals surface area (Å²) >= 11 is 0. The van der Waals surface area contributed by atoms with Crippen molar-refractivity contribution in [3.05, 3.63) is 36.9 Å². The number of hydrogen-bond donors (Lipinski definition) is 1. The number of piperidine rings is 1. The Morgan fingerprint density at radius 1 is 1.26 bits per heavy atom. The van der Waals surface area contributed by atoms with Crippen LogP contribution in [-0.4, -0.2) is 19.1 Å². The number of nitrogens with zero attached hydrogens (tertiary/aromatic N) is 1. The van der Waals surface area contributed by atoms with Gasteiger partial charge < -0.3 is 10.2 Å². The Balaban J connectivity index is 2.04. The third-order valence-electron chi connectivity index (χ3n) is 3.81. The van der Waals surface area contributed by atoms with Gasteiger partial charge in [-0.15, -0.1) is 6.58 Å². The molecule has 0 saturated carbocycles. The first-order valence-corrected chi connectivity index (χ1v) is 7.52. The van der Waals surface area contributed by atoms with Gasteiger partial charge in [0.15, 0.2) is 0 Å². The summed E-state index contributed by atoms with van der Waals surface area (Å²) in [4.78, 5) is 2.52. The summed E-state index contributed by atoms with van der Waals surface area (Å²) in [6.45, 7) is 8.43. The molecular weight excluding hydrogens is 232 g/mol. The molecule has 1 unspecified atom stereocenters. The van der Waals surface area contributed by atoms with Crippen molar-refractivity contribution in [2.75, 3.05) is 23.3 Å². The van der Waals surface area contributed by atoms with E-state index in [1.54, 1.807) is 0 Å². The third-order valence-corrected chi connectivity index (χ3v) is 3.81. The number of para-hydroxylation sites is 2. The minimum Gasteiger partial charge on any atom is -0.381 e. The zero-order valence-corrected chi connectivity index (χ0v) is 12.1. The highest BCUT2D eigenvalue weighted by Crippen LogP contribution is 2.29. The molecular formula is C17H26N2. The lowest BCUT2D eigenvalue weighted by atomic mass is 10.1. The fourth-order valence-corrected chi connectivity index (χ4v) is 2.71. The fourth-order valence-electron chi connectivity index (χ4n) is 2.71. The number of hydrogen-bond acceptors (Lipinski definition) is 2. The second-order valence-electron chi connectivity index (χ2n) is 5.48. The van der Waals surface area contributed by atoms with E-state index in [1.165, 1.54) is 43.7 Å². The van der Waals surface area contributed by atoms with Crippen molar-refractivity contribution in [2.24, 2.45) is 0 Å². The number of allylic oxidation sites excluding steroid dienone is 1. The normalized spacial score (nSPS) is 17.0. The molecule has 1 atom stereocenters. The molecule has 1 fully saturated rings. The molecule has 1 N–H and O–H groups in total. The number of rotatable bonds is 6. The Morgan fingerprint density at radius 3 is 2.74 bits per heavy atom.